The topological polar surface area (TPSA) is 66.9 Å². The predicted octanol–water partition coefficient (Wildman–Crippen LogP) is 2.19. The summed E-state index contributed by atoms with van der Waals surface area (Å²) in [5.41, 5.74) is 0.447. The van der Waals surface area contributed by atoms with Gasteiger partial charge in [-0.2, -0.15) is 0 Å². The van der Waals surface area contributed by atoms with Crippen LogP contribution in [-0.2, 0) is 4.74 Å². The van der Waals surface area contributed by atoms with Crippen molar-refractivity contribution in [1.29, 1.82) is 0 Å². The number of morpholine rings is 1. The zero-order chi connectivity index (χ0) is 20.6. The molecule has 160 valence electrons. The zero-order valence-electron chi connectivity index (χ0n) is 17.3. The molecule has 0 spiro atoms. The van der Waals surface area contributed by atoms with E-state index in [0.29, 0.717) is 24.9 Å². The normalized spacial score (nSPS) is 18.2. The third kappa shape index (κ3) is 5.49. The third-order valence-electron chi connectivity index (χ3n) is 5.72. The van der Waals surface area contributed by atoms with Gasteiger partial charge >= 0.3 is 0 Å². The molecule has 2 fully saturated rings. The van der Waals surface area contributed by atoms with Gasteiger partial charge in [-0.1, -0.05) is 24.3 Å². The minimum absolute atomic E-state index is 0.170. The fourth-order valence-corrected chi connectivity index (χ4v) is 4.07. The molecule has 30 heavy (non-hydrogen) atoms. The number of rotatable bonds is 7. The van der Waals surface area contributed by atoms with Crippen LogP contribution >= 0.6 is 0 Å². The standard InChI is InChI=1S/C23H30N4O3/c28-23(24-11-16-30-20-5-2-1-3-6-20)21-7-4-8-22(25-21)27-12-9-19(10-13-27)26-14-17-29-18-15-26/h1-8,19H,9-18H2,(H,24,28). The van der Waals surface area contributed by atoms with Crippen LogP contribution in [-0.4, -0.2) is 74.4 Å². The van der Waals surface area contributed by atoms with E-state index in [2.05, 4.69) is 20.1 Å². The van der Waals surface area contributed by atoms with Crippen molar-refractivity contribution in [1.82, 2.24) is 15.2 Å². The maximum absolute atomic E-state index is 12.5. The van der Waals surface area contributed by atoms with E-state index in [0.717, 1.165) is 63.8 Å². The number of nitrogens with zero attached hydrogens (tertiary/aromatic N) is 3. The van der Waals surface area contributed by atoms with Crippen molar-refractivity contribution in [3.05, 3.63) is 54.2 Å². The summed E-state index contributed by atoms with van der Waals surface area (Å²) in [6.45, 7) is 6.54. The van der Waals surface area contributed by atoms with Crippen LogP contribution in [0, 0.1) is 0 Å². The van der Waals surface area contributed by atoms with E-state index in [1.54, 1.807) is 6.07 Å². The Balaban J connectivity index is 1.24. The van der Waals surface area contributed by atoms with Gasteiger partial charge < -0.3 is 19.7 Å². The molecule has 2 saturated heterocycles. The first kappa shape index (κ1) is 20.6. The lowest BCUT2D eigenvalue weighted by Gasteiger charge is -2.40. The van der Waals surface area contributed by atoms with E-state index in [1.165, 1.54) is 0 Å². The summed E-state index contributed by atoms with van der Waals surface area (Å²) < 4.78 is 11.1. The van der Waals surface area contributed by atoms with Crippen molar-refractivity contribution >= 4 is 11.7 Å². The first-order chi connectivity index (χ1) is 14.8. The van der Waals surface area contributed by atoms with Crippen LogP contribution in [0.1, 0.15) is 23.3 Å². The van der Waals surface area contributed by atoms with Crippen LogP contribution < -0.4 is 15.0 Å². The monoisotopic (exact) mass is 410 g/mol. The molecular weight excluding hydrogens is 380 g/mol. The quantitative estimate of drug-likeness (QED) is 0.706. The number of pyridine rings is 1. The number of hydrogen-bond donors (Lipinski definition) is 1. The van der Waals surface area contributed by atoms with Gasteiger partial charge in [0.2, 0.25) is 0 Å². The van der Waals surface area contributed by atoms with Crippen molar-refractivity contribution in [3.63, 3.8) is 0 Å². The molecule has 3 heterocycles. The number of nitrogens with one attached hydrogen (secondary N) is 1. The molecule has 2 aliphatic heterocycles. The Labute approximate surface area is 178 Å². The molecule has 1 amide bonds. The highest BCUT2D eigenvalue weighted by Gasteiger charge is 2.26. The van der Waals surface area contributed by atoms with Gasteiger partial charge in [-0.3, -0.25) is 9.69 Å². The van der Waals surface area contributed by atoms with Gasteiger partial charge in [0, 0.05) is 32.2 Å². The molecule has 2 aliphatic rings. The predicted molar refractivity (Wildman–Crippen MR) is 116 cm³/mol. The van der Waals surface area contributed by atoms with E-state index >= 15 is 0 Å². The van der Waals surface area contributed by atoms with Crippen LogP contribution in [0.25, 0.3) is 0 Å². The van der Waals surface area contributed by atoms with Crippen molar-refractivity contribution in [2.45, 2.75) is 18.9 Å². The van der Waals surface area contributed by atoms with Crippen molar-refractivity contribution in [2.75, 3.05) is 57.4 Å². The summed E-state index contributed by atoms with van der Waals surface area (Å²) in [5, 5.41) is 2.89. The Kier molecular flexibility index (Phi) is 7.16. The maximum atomic E-state index is 12.5. The Hall–Kier alpha value is -2.64. The SMILES string of the molecule is O=C(NCCOc1ccccc1)c1cccc(N2CCC(N3CCOCC3)CC2)n1. The minimum atomic E-state index is -0.170. The van der Waals surface area contributed by atoms with Gasteiger partial charge in [-0.15, -0.1) is 0 Å². The van der Waals surface area contributed by atoms with E-state index in [9.17, 15) is 4.79 Å². The first-order valence-corrected chi connectivity index (χ1v) is 10.8. The molecule has 1 aromatic heterocycles. The van der Waals surface area contributed by atoms with Gasteiger partial charge in [-0.05, 0) is 37.1 Å². The first-order valence-electron chi connectivity index (χ1n) is 10.8. The number of anilines is 1. The number of carbonyl (C=O) groups excluding carboxylic acids is 1. The summed E-state index contributed by atoms with van der Waals surface area (Å²) >= 11 is 0. The van der Waals surface area contributed by atoms with Crippen molar-refractivity contribution in [3.8, 4) is 5.75 Å². The second-order valence-corrected chi connectivity index (χ2v) is 7.67. The molecule has 2 aromatic rings. The molecule has 0 aliphatic carbocycles. The zero-order valence-corrected chi connectivity index (χ0v) is 17.3. The molecule has 7 nitrogen and oxygen atoms in total. The number of aromatic nitrogens is 1. The van der Waals surface area contributed by atoms with Crippen LogP contribution in [0.5, 0.6) is 5.75 Å². The summed E-state index contributed by atoms with van der Waals surface area (Å²) in [6.07, 6.45) is 2.24. The molecule has 0 bridgehead atoms. The van der Waals surface area contributed by atoms with E-state index in [4.69, 9.17) is 9.47 Å². The molecule has 0 unspecified atom stereocenters. The lowest BCUT2D eigenvalue weighted by Crippen LogP contribution is -2.49. The molecule has 0 saturated carbocycles. The lowest BCUT2D eigenvalue weighted by atomic mass is 10.0. The Morgan fingerprint density at radius 3 is 2.57 bits per heavy atom. The van der Waals surface area contributed by atoms with Gasteiger partial charge in [0.25, 0.3) is 5.91 Å². The fourth-order valence-electron chi connectivity index (χ4n) is 4.07. The number of hydrogen-bond acceptors (Lipinski definition) is 6. The highest BCUT2D eigenvalue weighted by molar-refractivity contribution is 5.92. The van der Waals surface area contributed by atoms with Crippen LogP contribution in [0.4, 0.5) is 5.82 Å². The second-order valence-electron chi connectivity index (χ2n) is 7.67. The minimum Gasteiger partial charge on any atom is -0.492 e. The van der Waals surface area contributed by atoms with Gasteiger partial charge in [0.1, 0.15) is 23.9 Å². The Morgan fingerprint density at radius 1 is 1.03 bits per heavy atom. The average molecular weight is 411 g/mol. The van der Waals surface area contributed by atoms with E-state index in [1.807, 2.05) is 42.5 Å². The molecular formula is C23H30N4O3. The fraction of sp³-hybridized carbons (Fsp3) is 0.478. The van der Waals surface area contributed by atoms with Gasteiger partial charge in [0.05, 0.1) is 19.8 Å². The number of para-hydroxylation sites is 1. The van der Waals surface area contributed by atoms with Crippen LogP contribution in [0.3, 0.4) is 0 Å². The van der Waals surface area contributed by atoms with E-state index < -0.39 is 0 Å². The van der Waals surface area contributed by atoms with Crippen LogP contribution in [0.2, 0.25) is 0 Å². The third-order valence-corrected chi connectivity index (χ3v) is 5.72. The maximum Gasteiger partial charge on any atom is 0.270 e. The van der Waals surface area contributed by atoms with E-state index in [-0.39, 0.29) is 5.91 Å². The molecule has 0 atom stereocenters. The number of ether oxygens (including phenoxy) is 2. The molecule has 4 rings (SSSR count). The highest BCUT2D eigenvalue weighted by atomic mass is 16.5. The lowest BCUT2D eigenvalue weighted by molar-refractivity contribution is 0.0115. The van der Waals surface area contributed by atoms with Gasteiger partial charge in [-0.25, -0.2) is 4.98 Å². The smallest absolute Gasteiger partial charge is 0.270 e. The van der Waals surface area contributed by atoms with Crippen molar-refractivity contribution in [2.24, 2.45) is 0 Å². The molecule has 0 radical (unpaired) electrons. The van der Waals surface area contributed by atoms with Crippen molar-refractivity contribution < 1.29 is 14.3 Å². The number of amides is 1. The second kappa shape index (κ2) is 10.4. The number of piperidine rings is 1. The summed E-state index contributed by atoms with van der Waals surface area (Å²) in [4.78, 5) is 21.9. The van der Waals surface area contributed by atoms with Crippen LogP contribution in [0.15, 0.2) is 48.5 Å². The number of benzene rings is 1. The summed E-state index contributed by atoms with van der Waals surface area (Å²) in [6, 6.07) is 15.9. The van der Waals surface area contributed by atoms with Gasteiger partial charge in [0.15, 0.2) is 0 Å². The average Bonchev–Trinajstić information content (AvgIpc) is 2.83. The largest absolute Gasteiger partial charge is 0.492 e. The molecule has 7 heteroatoms. The molecule has 1 N–H and O–H groups in total. The highest BCUT2D eigenvalue weighted by Crippen LogP contribution is 2.22. The molecule has 1 aromatic carbocycles. The summed E-state index contributed by atoms with van der Waals surface area (Å²) in [7, 11) is 0. The number of carbonyl (C=O) groups is 1. The Morgan fingerprint density at radius 2 is 1.80 bits per heavy atom. The summed E-state index contributed by atoms with van der Waals surface area (Å²) in [5.74, 6) is 1.51. The Bertz CT molecular complexity index is 803.